The molecule has 9 N–H and O–H groups in total. The summed E-state index contributed by atoms with van der Waals surface area (Å²) >= 11 is 0. The number of carbonyl (C=O) groups is 6. The van der Waals surface area contributed by atoms with E-state index in [-0.39, 0.29) is 0 Å². The van der Waals surface area contributed by atoms with Gasteiger partial charge in [-0.05, 0) is 13.8 Å². The highest BCUT2D eigenvalue weighted by Crippen LogP contribution is 1.98. The van der Waals surface area contributed by atoms with Gasteiger partial charge in [0.05, 0.1) is 18.9 Å². The molecular weight excluding hydrogens is 366 g/mol. The first-order valence-electron chi connectivity index (χ1n) is 7.74. The van der Waals surface area contributed by atoms with E-state index in [2.05, 4.69) is 16.0 Å². The molecule has 0 aromatic rings. The van der Waals surface area contributed by atoms with Crippen molar-refractivity contribution < 1.29 is 39.0 Å². The normalized spacial score (nSPS) is 14.8. The van der Waals surface area contributed by atoms with Gasteiger partial charge in [0.25, 0.3) is 0 Å². The Morgan fingerprint density at radius 1 is 0.815 bits per heavy atom. The number of carboxylic acids is 2. The molecule has 0 radical (unpaired) electrons. The Kier molecular flexibility index (Phi) is 9.42. The molecule has 0 aliphatic rings. The van der Waals surface area contributed by atoms with E-state index in [1.165, 1.54) is 13.8 Å². The van der Waals surface area contributed by atoms with E-state index in [0.717, 1.165) is 0 Å². The van der Waals surface area contributed by atoms with Crippen LogP contribution in [0.3, 0.4) is 0 Å². The Hall–Kier alpha value is -3.22. The molecule has 0 bridgehead atoms. The van der Waals surface area contributed by atoms with Crippen molar-refractivity contribution in [3.8, 4) is 0 Å². The number of rotatable bonds is 11. The second-order valence-corrected chi connectivity index (χ2v) is 5.73. The fraction of sp³-hybridized carbons (Fsp3) is 0.571. The lowest BCUT2D eigenvalue weighted by Gasteiger charge is -2.22. The van der Waals surface area contributed by atoms with E-state index in [1.54, 1.807) is 0 Å². The van der Waals surface area contributed by atoms with Gasteiger partial charge < -0.3 is 37.6 Å². The van der Waals surface area contributed by atoms with Gasteiger partial charge in [0.1, 0.15) is 18.1 Å². The average Bonchev–Trinajstić information content (AvgIpc) is 2.52. The summed E-state index contributed by atoms with van der Waals surface area (Å²) in [5, 5.41) is 24.0. The molecule has 0 heterocycles. The number of hydrogen-bond acceptors (Lipinski definition) is 7. The first kappa shape index (κ1) is 23.8. The van der Waals surface area contributed by atoms with Crippen LogP contribution in [0.15, 0.2) is 0 Å². The highest BCUT2D eigenvalue weighted by molar-refractivity contribution is 5.96. The second kappa shape index (κ2) is 10.7. The summed E-state index contributed by atoms with van der Waals surface area (Å²) in [6.07, 6.45) is -1.33. The first-order chi connectivity index (χ1) is 12.3. The molecule has 13 nitrogen and oxygen atoms in total. The van der Waals surface area contributed by atoms with Gasteiger partial charge in [-0.1, -0.05) is 0 Å². The molecule has 0 spiro atoms. The summed E-state index contributed by atoms with van der Waals surface area (Å²) in [5.74, 6) is -6.40. The van der Waals surface area contributed by atoms with Gasteiger partial charge in [-0.3, -0.25) is 28.8 Å². The third-order valence-corrected chi connectivity index (χ3v) is 3.25. The summed E-state index contributed by atoms with van der Waals surface area (Å²) in [6.45, 7) is 2.45. The van der Waals surface area contributed by atoms with Crippen LogP contribution >= 0.6 is 0 Å². The minimum atomic E-state index is -1.58. The van der Waals surface area contributed by atoms with Crippen molar-refractivity contribution in [1.82, 2.24) is 16.0 Å². The fourth-order valence-electron chi connectivity index (χ4n) is 1.75. The molecule has 0 rings (SSSR count). The van der Waals surface area contributed by atoms with Gasteiger partial charge in [0, 0.05) is 0 Å². The summed E-state index contributed by atoms with van der Waals surface area (Å²) < 4.78 is 0. The maximum absolute atomic E-state index is 12.2. The molecule has 0 saturated carbocycles. The Morgan fingerprint density at radius 3 is 1.78 bits per heavy atom. The van der Waals surface area contributed by atoms with Crippen LogP contribution < -0.4 is 27.4 Å². The molecule has 0 aromatic carbocycles. The van der Waals surface area contributed by atoms with Crippen LogP contribution in [0.25, 0.3) is 0 Å². The molecule has 13 heteroatoms. The molecule has 0 saturated heterocycles. The van der Waals surface area contributed by atoms with E-state index in [9.17, 15) is 28.8 Å². The standard InChI is InChI=1S/C14H23N5O8/c1-5(11(23)18-6(2)14(26)27)17-13(25)8(4-10(21)22)19-12(24)7(15)3-9(16)20/h5-8H,3-4,15H2,1-2H3,(H2,16,20)(H,17,25)(H,18,23)(H,19,24)(H,21,22)(H,26,27). The number of primary amides is 1. The van der Waals surface area contributed by atoms with Gasteiger partial charge in [-0.25, -0.2) is 0 Å². The maximum atomic E-state index is 12.2. The van der Waals surface area contributed by atoms with E-state index < -0.39 is 72.6 Å². The third kappa shape index (κ3) is 9.15. The average molecular weight is 389 g/mol. The number of nitrogens with one attached hydrogen (secondary N) is 3. The second-order valence-electron chi connectivity index (χ2n) is 5.73. The van der Waals surface area contributed by atoms with Gasteiger partial charge in [0.2, 0.25) is 23.6 Å². The molecule has 0 fully saturated rings. The summed E-state index contributed by atoms with van der Waals surface area (Å²) in [6, 6.07) is -5.39. The predicted molar refractivity (Wildman–Crippen MR) is 88.8 cm³/mol. The summed E-state index contributed by atoms with van der Waals surface area (Å²) in [5.41, 5.74) is 10.3. The molecule has 0 aromatic heterocycles. The lowest BCUT2D eigenvalue weighted by molar-refractivity contribution is -0.142. The first-order valence-corrected chi connectivity index (χ1v) is 7.74. The number of nitrogens with two attached hydrogens (primary N) is 2. The topological polar surface area (TPSA) is 231 Å². The molecule has 4 amide bonds. The van der Waals surface area contributed by atoms with E-state index >= 15 is 0 Å². The van der Waals surface area contributed by atoms with Crippen LogP contribution in [-0.4, -0.2) is 69.9 Å². The van der Waals surface area contributed by atoms with E-state index in [4.69, 9.17) is 21.7 Å². The Morgan fingerprint density at radius 2 is 1.33 bits per heavy atom. The molecule has 0 aliphatic heterocycles. The molecule has 0 aliphatic carbocycles. The minimum absolute atomic E-state index is 0.515. The van der Waals surface area contributed by atoms with Crippen molar-refractivity contribution in [1.29, 1.82) is 0 Å². The minimum Gasteiger partial charge on any atom is -0.481 e. The molecule has 27 heavy (non-hydrogen) atoms. The number of carbonyl (C=O) groups excluding carboxylic acids is 4. The van der Waals surface area contributed by atoms with Crippen LogP contribution in [0.5, 0.6) is 0 Å². The van der Waals surface area contributed by atoms with Crippen molar-refractivity contribution in [2.75, 3.05) is 0 Å². The number of carboxylic acid groups (broad SMARTS) is 2. The number of hydrogen-bond donors (Lipinski definition) is 7. The molecule has 152 valence electrons. The smallest absolute Gasteiger partial charge is 0.325 e. The molecular formula is C14H23N5O8. The Bertz CT molecular complexity index is 623. The highest BCUT2D eigenvalue weighted by atomic mass is 16.4. The largest absolute Gasteiger partial charge is 0.481 e. The lowest BCUT2D eigenvalue weighted by Crippen LogP contribution is -2.56. The van der Waals surface area contributed by atoms with Gasteiger partial charge in [0.15, 0.2) is 0 Å². The van der Waals surface area contributed by atoms with Crippen LogP contribution in [0.2, 0.25) is 0 Å². The number of amides is 4. The van der Waals surface area contributed by atoms with Crippen LogP contribution in [-0.2, 0) is 28.8 Å². The van der Waals surface area contributed by atoms with Crippen LogP contribution in [0, 0.1) is 0 Å². The fourth-order valence-corrected chi connectivity index (χ4v) is 1.75. The zero-order chi connectivity index (χ0) is 21.3. The van der Waals surface area contributed by atoms with Gasteiger partial charge >= 0.3 is 11.9 Å². The van der Waals surface area contributed by atoms with Crippen LogP contribution in [0.4, 0.5) is 0 Å². The van der Waals surface area contributed by atoms with E-state index in [1.807, 2.05) is 0 Å². The van der Waals surface area contributed by atoms with Gasteiger partial charge in [-0.15, -0.1) is 0 Å². The molecule has 4 atom stereocenters. The molecule has 4 unspecified atom stereocenters. The number of aliphatic carboxylic acids is 2. The van der Waals surface area contributed by atoms with Crippen LogP contribution in [0.1, 0.15) is 26.7 Å². The summed E-state index contributed by atoms with van der Waals surface area (Å²) in [4.78, 5) is 68.2. The van der Waals surface area contributed by atoms with Crippen molar-refractivity contribution >= 4 is 35.6 Å². The van der Waals surface area contributed by atoms with Crippen molar-refractivity contribution in [2.45, 2.75) is 50.9 Å². The highest BCUT2D eigenvalue weighted by Gasteiger charge is 2.29. The third-order valence-electron chi connectivity index (χ3n) is 3.25. The SMILES string of the molecule is CC(NC(=O)C(C)NC(=O)C(CC(=O)O)NC(=O)C(N)CC(N)=O)C(=O)O. The van der Waals surface area contributed by atoms with E-state index in [0.29, 0.717) is 0 Å². The quantitative estimate of drug-likeness (QED) is 0.183. The Balaban J connectivity index is 4.98. The van der Waals surface area contributed by atoms with Crippen molar-refractivity contribution in [3.05, 3.63) is 0 Å². The van der Waals surface area contributed by atoms with Gasteiger partial charge in [-0.2, -0.15) is 0 Å². The zero-order valence-electron chi connectivity index (χ0n) is 14.7. The maximum Gasteiger partial charge on any atom is 0.325 e. The van der Waals surface area contributed by atoms with Crippen molar-refractivity contribution in [3.63, 3.8) is 0 Å². The Labute approximate surface area is 153 Å². The zero-order valence-corrected chi connectivity index (χ0v) is 14.7. The lowest BCUT2D eigenvalue weighted by atomic mass is 10.1. The predicted octanol–water partition coefficient (Wildman–Crippen LogP) is -3.76. The monoisotopic (exact) mass is 389 g/mol. The van der Waals surface area contributed by atoms with Crippen molar-refractivity contribution in [2.24, 2.45) is 11.5 Å². The summed E-state index contributed by atoms with van der Waals surface area (Å²) in [7, 11) is 0.